The Kier molecular flexibility index (Phi) is 5.04. The summed E-state index contributed by atoms with van der Waals surface area (Å²) in [6, 6.07) is 0. The summed E-state index contributed by atoms with van der Waals surface area (Å²) in [4.78, 5) is 0. The second-order valence-electron chi connectivity index (χ2n) is 5.79. The maximum Gasteiger partial charge on any atom is 0.150 e. The van der Waals surface area contributed by atoms with Crippen molar-refractivity contribution in [2.24, 2.45) is 5.92 Å². The van der Waals surface area contributed by atoms with Crippen molar-refractivity contribution in [1.29, 1.82) is 0 Å². The van der Waals surface area contributed by atoms with Gasteiger partial charge in [0.1, 0.15) is 9.84 Å². The molecule has 0 aromatic heterocycles. The van der Waals surface area contributed by atoms with Gasteiger partial charge in [0.15, 0.2) is 0 Å². The first kappa shape index (κ1) is 14.3. The predicted molar refractivity (Wildman–Crippen MR) is 72.4 cm³/mol. The summed E-state index contributed by atoms with van der Waals surface area (Å²) in [5, 5.41) is 3.20. The molecule has 0 radical (unpaired) electrons. The van der Waals surface area contributed by atoms with E-state index in [0.717, 1.165) is 39.0 Å². The molecule has 106 valence electrons. The van der Waals surface area contributed by atoms with E-state index >= 15 is 0 Å². The topological polar surface area (TPSA) is 55.4 Å². The van der Waals surface area contributed by atoms with Crippen LogP contribution in [0.25, 0.3) is 0 Å². The number of nitrogens with one attached hydrogen (secondary N) is 1. The SMILES string of the molecule is CS(=O)(=O)C1CCCC(OCC2CCCNC2)C1. The van der Waals surface area contributed by atoms with Crippen LogP contribution in [0.3, 0.4) is 0 Å². The number of ether oxygens (including phenoxy) is 1. The van der Waals surface area contributed by atoms with Crippen molar-refractivity contribution >= 4 is 9.84 Å². The molecule has 3 unspecified atom stereocenters. The van der Waals surface area contributed by atoms with E-state index in [1.54, 1.807) is 0 Å². The Labute approximate surface area is 110 Å². The molecule has 5 heteroatoms. The molecule has 1 saturated heterocycles. The van der Waals surface area contributed by atoms with E-state index < -0.39 is 9.84 Å². The van der Waals surface area contributed by atoms with Crippen LogP contribution >= 0.6 is 0 Å². The van der Waals surface area contributed by atoms with Gasteiger partial charge in [-0.05, 0) is 51.0 Å². The zero-order valence-electron chi connectivity index (χ0n) is 11.2. The molecule has 0 spiro atoms. The molecule has 1 aliphatic heterocycles. The molecule has 0 aromatic carbocycles. The molecule has 1 aliphatic carbocycles. The summed E-state index contributed by atoms with van der Waals surface area (Å²) in [7, 11) is -2.89. The van der Waals surface area contributed by atoms with E-state index in [9.17, 15) is 8.42 Å². The summed E-state index contributed by atoms with van der Waals surface area (Å²) in [6.45, 7) is 2.95. The number of hydrogen-bond donors (Lipinski definition) is 1. The second-order valence-corrected chi connectivity index (χ2v) is 8.11. The predicted octanol–water partition coefficient (Wildman–Crippen LogP) is 1.36. The van der Waals surface area contributed by atoms with Crippen molar-refractivity contribution in [2.75, 3.05) is 26.0 Å². The molecule has 2 aliphatic rings. The van der Waals surface area contributed by atoms with Gasteiger partial charge >= 0.3 is 0 Å². The lowest BCUT2D eigenvalue weighted by Gasteiger charge is -2.30. The van der Waals surface area contributed by atoms with E-state index in [-0.39, 0.29) is 11.4 Å². The van der Waals surface area contributed by atoms with Crippen molar-refractivity contribution in [3.63, 3.8) is 0 Å². The third-order valence-corrected chi connectivity index (χ3v) is 5.79. The van der Waals surface area contributed by atoms with Crippen LogP contribution in [0.4, 0.5) is 0 Å². The highest BCUT2D eigenvalue weighted by molar-refractivity contribution is 7.91. The Balaban J connectivity index is 1.75. The van der Waals surface area contributed by atoms with Gasteiger partial charge in [0.25, 0.3) is 0 Å². The van der Waals surface area contributed by atoms with E-state index in [1.165, 1.54) is 19.1 Å². The molecular weight excluding hydrogens is 250 g/mol. The molecule has 18 heavy (non-hydrogen) atoms. The first-order valence-corrected chi connectivity index (χ1v) is 9.02. The molecule has 2 fully saturated rings. The second kappa shape index (κ2) is 6.35. The summed E-state index contributed by atoms with van der Waals surface area (Å²) in [6.07, 6.45) is 7.46. The fourth-order valence-electron chi connectivity index (χ4n) is 2.98. The molecule has 1 heterocycles. The molecule has 1 saturated carbocycles. The van der Waals surface area contributed by atoms with Gasteiger partial charge in [-0.15, -0.1) is 0 Å². The van der Waals surface area contributed by atoms with Crippen molar-refractivity contribution < 1.29 is 13.2 Å². The van der Waals surface area contributed by atoms with E-state index in [4.69, 9.17) is 4.74 Å². The first-order valence-electron chi connectivity index (χ1n) is 7.07. The fourth-order valence-corrected chi connectivity index (χ4v) is 4.14. The maximum absolute atomic E-state index is 11.6. The Morgan fingerprint density at radius 3 is 2.72 bits per heavy atom. The van der Waals surface area contributed by atoms with Gasteiger partial charge in [0, 0.05) is 12.8 Å². The molecule has 0 bridgehead atoms. The molecule has 4 nitrogen and oxygen atoms in total. The minimum atomic E-state index is -2.89. The molecule has 0 aromatic rings. The van der Waals surface area contributed by atoms with Gasteiger partial charge in [0.05, 0.1) is 18.0 Å². The molecule has 0 amide bonds. The standard InChI is InChI=1S/C13H25NO3S/c1-18(15,16)13-6-2-5-12(8-13)17-10-11-4-3-7-14-9-11/h11-14H,2-10H2,1H3. The van der Waals surface area contributed by atoms with Crippen LogP contribution in [0.15, 0.2) is 0 Å². The van der Waals surface area contributed by atoms with Gasteiger partial charge in [-0.25, -0.2) is 8.42 Å². The third-order valence-electron chi connectivity index (χ3n) is 4.15. The average molecular weight is 275 g/mol. The van der Waals surface area contributed by atoms with E-state index in [2.05, 4.69) is 5.32 Å². The van der Waals surface area contributed by atoms with Crippen LogP contribution in [0, 0.1) is 5.92 Å². The van der Waals surface area contributed by atoms with E-state index in [1.807, 2.05) is 0 Å². The Bertz CT molecular complexity index is 349. The summed E-state index contributed by atoms with van der Waals surface area (Å²) < 4.78 is 29.1. The molecule has 1 N–H and O–H groups in total. The maximum atomic E-state index is 11.6. The largest absolute Gasteiger partial charge is 0.378 e. The Morgan fingerprint density at radius 2 is 2.06 bits per heavy atom. The van der Waals surface area contributed by atoms with Crippen LogP contribution in [0.1, 0.15) is 38.5 Å². The Hall–Kier alpha value is -0.130. The minimum Gasteiger partial charge on any atom is -0.378 e. The minimum absolute atomic E-state index is 0.153. The number of hydrogen-bond acceptors (Lipinski definition) is 4. The zero-order chi connectivity index (χ0) is 13.0. The van der Waals surface area contributed by atoms with Crippen LogP contribution in [-0.4, -0.2) is 45.7 Å². The highest BCUT2D eigenvalue weighted by Crippen LogP contribution is 2.26. The summed E-state index contributed by atoms with van der Waals surface area (Å²) >= 11 is 0. The lowest BCUT2D eigenvalue weighted by molar-refractivity contribution is 0.00456. The van der Waals surface area contributed by atoms with Gasteiger partial charge in [-0.2, -0.15) is 0 Å². The lowest BCUT2D eigenvalue weighted by Crippen LogP contribution is -2.36. The summed E-state index contributed by atoms with van der Waals surface area (Å²) in [5.74, 6) is 0.609. The van der Waals surface area contributed by atoms with Crippen LogP contribution < -0.4 is 5.32 Å². The van der Waals surface area contributed by atoms with Crippen LogP contribution in [-0.2, 0) is 14.6 Å². The smallest absolute Gasteiger partial charge is 0.150 e. The Morgan fingerprint density at radius 1 is 1.22 bits per heavy atom. The fraction of sp³-hybridized carbons (Fsp3) is 1.00. The van der Waals surface area contributed by atoms with Crippen LogP contribution in [0.2, 0.25) is 0 Å². The highest BCUT2D eigenvalue weighted by atomic mass is 32.2. The van der Waals surface area contributed by atoms with Crippen molar-refractivity contribution in [3.8, 4) is 0 Å². The third kappa shape index (κ3) is 4.21. The molecular formula is C13H25NO3S. The van der Waals surface area contributed by atoms with Crippen LogP contribution in [0.5, 0.6) is 0 Å². The molecule has 3 atom stereocenters. The van der Waals surface area contributed by atoms with Crippen molar-refractivity contribution in [3.05, 3.63) is 0 Å². The monoisotopic (exact) mass is 275 g/mol. The van der Waals surface area contributed by atoms with Crippen molar-refractivity contribution in [1.82, 2.24) is 5.32 Å². The quantitative estimate of drug-likeness (QED) is 0.841. The van der Waals surface area contributed by atoms with Gasteiger partial charge in [0.2, 0.25) is 0 Å². The van der Waals surface area contributed by atoms with Gasteiger partial charge in [-0.1, -0.05) is 0 Å². The lowest BCUT2D eigenvalue weighted by atomic mass is 9.96. The highest BCUT2D eigenvalue weighted by Gasteiger charge is 2.29. The number of rotatable bonds is 4. The summed E-state index contributed by atoms with van der Waals surface area (Å²) in [5.41, 5.74) is 0. The number of piperidine rings is 1. The zero-order valence-corrected chi connectivity index (χ0v) is 12.0. The van der Waals surface area contributed by atoms with E-state index in [0.29, 0.717) is 12.3 Å². The number of sulfone groups is 1. The van der Waals surface area contributed by atoms with Gasteiger partial charge in [-0.3, -0.25) is 0 Å². The average Bonchev–Trinajstić information content (AvgIpc) is 2.37. The van der Waals surface area contributed by atoms with Gasteiger partial charge < -0.3 is 10.1 Å². The normalized spacial score (nSPS) is 34.4. The molecule has 2 rings (SSSR count). The first-order chi connectivity index (χ1) is 8.55. The van der Waals surface area contributed by atoms with Crippen molar-refractivity contribution in [2.45, 2.75) is 49.9 Å².